The van der Waals surface area contributed by atoms with Crippen molar-refractivity contribution < 1.29 is 22.7 Å². The molecule has 1 saturated heterocycles. The zero-order valence-corrected chi connectivity index (χ0v) is 18.5. The number of carbonyl (C=O) groups excluding carboxylic acids is 1. The van der Waals surface area contributed by atoms with E-state index in [2.05, 4.69) is 4.98 Å². The van der Waals surface area contributed by atoms with Gasteiger partial charge in [0.1, 0.15) is 11.3 Å². The van der Waals surface area contributed by atoms with Crippen molar-refractivity contribution in [1.82, 2.24) is 18.6 Å². The van der Waals surface area contributed by atoms with Gasteiger partial charge in [-0.15, -0.1) is 0 Å². The average Bonchev–Trinajstić information content (AvgIpc) is 3.07. The monoisotopic (exact) mass is 456 g/mol. The van der Waals surface area contributed by atoms with Gasteiger partial charge in [0.2, 0.25) is 10.0 Å². The summed E-state index contributed by atoms with van der Waals surface area (Å²) in [7, 11) is -3.71. The molecule has 32 heavy (non-hydrogen) atoms. The summed E-state index contributed by atoms with van der Waals surface area (Å²) >= 11 is 0. The molecule has 0 aliphatic carbocycles. The Morgan fingerprint density at radius 3 is 2.53 bits per heavy atom. The molecular weight excluding hydrogens is 432 g/mol. The summed E-state index contributed by atoms with van der Waals surface area (Å²) in [5.41, 5.74) is 2.13. The number of amides is 1. The van der Waals surface area contributed by atoms with E-state index in [1.807, 2.05) is 29.7 Å². The number of hydrogen-bond donors (Lipinski definition) is 0. The predicted octanol–water partition coefficient (Wildman–Crippen LogP) is 1.95. The number of imidazole rings is 1. The van der Waals surface area contributed by atoms with Crippen molar-refractivity contribution in [3.05, 3.63) is 54.0 Å². The quantitative estimate of drug-likeness (QED) is 0.598. The van der Waals surface area contributed by atoms with Gasteiger partial charge in [-0.3, -0.25) is 4.79 Å². The van der Waals surface area contributed by atoms with Crippen molar-refractivity contribution in [1.29, 1.82) is 0 Å². The molecule has 1 fully saturated rings. The van der Waals surface area contributed by atoms with Crippen LogP contribution < -0.4 is 9.47 Å². The molecule has 3 aromatic rings. The fourth-order valence-electron chi connectivity index (χ4n) is 3.93. The topological polar surface area (TPSA) is 93.5 Å². The summed E-state index contributed by atoms with van der Waals surface area (Å²) in [6.45, 7) is 4.04. The fraction of sp³-hybridized carbons (Fsp3) is 0.364. The lowest BCUT2D eigenvalue weighted by Gasteiger charge is -2.33. The highest BCUT2D eigenvalue weighted by molar-refractivity contribution is 7.89. The normalized spacial score (nSPS) is 17.3. The highest BCUT2D eigenvalue weighted by Gasteiger charge is 2.32. The van der Waals surface area contributed by atoms with Gasteiger partial charge in [0, 0.05) is 51.1 Å². The van der Waals surface area contributed by atoms with Crippen LogP contribution in [0.15, 0.2) is 47.6 Å². The molecule has 1 aromatic carbocycles. The Morgan fingerprint density at radius 2 is 1.75 bits per heavy atom. The average molecular weight is 457 g/mol. The Labute approximate surface area is 186 Å². The summed E-state index contributed by atoms with van der Waals surface area (Å²) in [5.74, 6) is 0.804. The van der Waals surface area contributed by atoms with Gasteiger partial charge in [-0.25, -0.2) is 13.4 Å². The summed E-state index contributed by atoms with van der Waals surface area (Å²) < 4.78 is 40.8. The number of rotatable bonds is 3. The molecule has 168 valence electrons. The lowest BCUT2D eigenvalue weighted by Crippen LogP contribution is -2.50. The van der Waals surface area contributed by atoms with E-state index in [9.17, 15) is 13.2 Å². The van der Waals surface area contributed by atoms with Crippen molar-refractivity contribution in [3.63, 3.8) is 0 Å². The van der Waals surface area contributed by atoms with Crippen LogP contribution in [0.3, 0.4) is 0 Å². The maximum absolute atomic E-state index is 13.2. The van der Waals surface area contributed by atoms with E-state index in [1.165, 1.54) is 10.4 Å². The number of sulfonamides is 1. The lowest BCUT2D eigenvalue weighted by molar-refractivity contribution is 0.0692. The van der Waals surface area contributed by atoms with Crippen LogP contribution in [-0.2, 0) is 10.0 Å². The van der Waals surface area contributed by atoms with Crippen LogP contribution >= 0.6 is 0 Å². The van der Waals surface area contributed by atoms with Gasteiger partial charge in [0.15, 0.2) is 11.5 Å². The molecule has 0 unspecified atom stereocenters. The van der Waals surface area contributed by atoms with Crippen molar-refractivity contribution in [3.8, 4) is 11.5 Å². The zero-order chi connectivity index (χ0) is 22.3. The second-order valence-corrected chi connectivity index (χ2v) is 9.89. The van der Waals surface area contributed by atoms with Crippen LogP contribution in [-0.4, -0.2) is 72.3 Å². The van der Waals surface area contributed by atoms with E-state index in [0.29, 0.717) is 49.1 Å². The minimum atomic E-state index is -3.71. The molecule has 0 spiro atoms. The van der Waals surface area contributed by atoms with Gasteiger partial charge in [0.05, 0.1) is 18.1 Å². The number of pyridine rings is 1. The van der Waals surface area contributed by atoms with E-state index in [4.69, 9.17) is 9.47 Å². The minimum absolute atomic E-state index is 0.164. The number of piperazine rings is 1. The SMILES string of the molecule is Cc1ccn2cc(C(=O)N3CCN(S(=O)(=O)c4ccc5c(c4)OCCCO5)CC3)nc2c1. The maximum atomic E-state index is 13.2. The first-order valence-electron chi connectivity index (χ1n) is 10.6. The van der Waals surface area contributed by atoms with Gasteiger partial charge in [-0.2, -0.15) is 4.31 Å². The van der Waals surface area contributed by atoms with E-state index in [-0.39, 0.29) is 23.9 Å². The number of benzene rings is 1. The number of fused-ring (bicyclic) bond motifs is 2. The molecule has 0 radical (unpaired) electrons. The molecule has 2 aliphatic rings. The molecule has 1 amide bonds. The number of nitrogens with zero attached hydrogens (tertiary/aromatic N) is 4. The first kappa shape index (κ1) is 20.8. The van der Waals surface area contributed by atoms with Crippen molar-refractivity contribution in [2.45, 2.75) is 18.2 Å². The van der Waals surface area contributed by atoms with Gasteiger partial charge in [-0.1, -0.05) is 0 Å². The van der Waals surface area contributed by atoms with Crippen LogP contribution in [0.2, 0.25) is 0 Å². The Balaban J connectivity index is 1.29. The van der Waals surface area contributed by atoms with E-state index >= 15 is 0 Å². The molecule has 0 atom stereocenters. The molecule has 4 heterocycles. The molecule has 0 saturated carbocycles. The third-order valence-electron chi connectivity index (χ3n) is 5.72. The molecule has 0 bridgehead atoms. The Bertz CT molecular complexity index is 1280. The van der Waals surface area contributed by atoms with Gasteiger partial charge in [0.25, 0.3) is 5.91 Å². The van der Waals surface area contributed by atoms with Gasteiger partial charge >= 0.3 is 0 Å². The molecule has 5 rings (SSSR count). The maximum Gasteiger partial charge on any atom is 0.274 e. The van der Waals surface area contributed by atoms with Crippen LogP contribution in [0.4, 0.5) is 0 Å². The first-order chi connectivity index (χ1) is 15.4. The smallest absolute Gasteiger partial charge is 0.274 e. The number of hydrogen-bond acceptors (Lipinski definition) is 6. The minimum Gasteiger partial charge on any atom is -0.490 e. The van der Waals surface area contributed by atoms with E-state index < -0.39 is 10.0 Å². The second kappa shape index (κ2) is 8.10. The van der Waals surface area contributed by atoms with Crippen molar-refractivity contribution in [2.75, 3.05) is 39.4 Å². The van der Waals surface area contributed by atoms with E-state index in [1.54, 1.807) is 23.2 Å². The first-order valence-corrected chi connectivity index (χ1v) is 12.0. The van der Waals surface area contributed by atoms with Gasteiger partial charge in [-0.05, 0) is 36.8 Å². The molecule has 2 aromatic heterocycles. The number of aryl methyl sites for hydroxylation is 1. The van der Waals surface area contributed by atoms with Crippen molar-refractivity contribution in [2.24, 2.45) is 0 Å². The highest BCUT2D eigenvalue weighted by Crippen LogP contribution is 2.33. The largest absolute Gasteiger partial charge is 0.490 e. The lowest BCUT2D eigenvalue weighted by atomic mass is 10.3. The zero-order valence-electron chi connectivity index (χ0n) is 17.7. The summed E-state index contributed by atoms with van der Waals surface area (Å²) in [6.07, 6.45) is 4.32. The Morgan fingerprint density at radius 1 is 1.00 bits per heavy atom. The molecule has 0 N–H and O–H groups in total. The number of aromatic nitrogens is 2. The molecular formula is C22H24N4O5S. The number of carbonyl (C=O) groups is 1. The van der Waals surface area contributed by atoms with Gasteiger partial charge < -0.3 is 18.8 Å². The third-order valence-corrected chi connectivity index (χ3v) is 7.61. The summed E-state index contributed by atoms with van der Waals surface area (Å²) in [6, 6.07) is 8.56. The van der Waals surface area contributed by atoms with Crippen LogP contribution in [0.5, 0.6) is 11.5 Å². The molecule has 9 nitrogen and oxygen atoms in total. The summed E-state index contributed by atoms with van der Waals surface area (Å²) in [5, 5.41) is 0. The Kier molecular flexibility index (Phi) is 5.26. The van der Waals surface area contributed by atoms with Crippen LogP contribution in [0.1, 0.15) is 22.5 Å². The fourth-order valence-corrected chi connectivity index (χ4v) is 5.37. The molecule has 10 heteroatoms. The molecule has 2 aliphatic heterocycles. The van der Waals surface area contributed by atoms with Crippen LogP contribution in [0, 0.1) is 6.92 Å². The predicted molar refractivity (Wildman–Crippen MR) is 117 cm³/mol. The summed E-state index contributed by atoms with van der Waals surface area (Å²) in [4.78, 5) is 19.2. The highest BCUT2D eigenvalue weighted by atomic mass is 32.2. The Hall–Kier alpha value is -3.11. The van der Waals surface area contributed by atoms with Crippen molar-refractivity contribution >= 4 is 21.6 Å². The second-order valence-electron chi connectivity index (χ2n) is 7.95. The standard InChI is InChI=1S/C22H24N4O5S/c1-16-5-6-25-15-18(23-21(25)13-16)22(27)24-7-9-26(10-8-24)32(28,29)17-3-4-19-20(14-17)31-12-2-11-30-19/h3-6,13-15H,2,7-12H2,1H3. The van der Waals surface area contributed by atoms with Crippen LogP contribution in [0.25, 0.3) is 5.65 Å². The third kappa shape index (κ3) is 3.80. The number of ether oxygens (including phenoxy) is 2. The van der Waals surface area contributed by atoms with E-state index in [0.717, 1.165) is 12.0 Å².